The zero-order valence-electron chi connectivity index (χ0n) is 13.5. The number of hydrogen-bond acceptors (Lipinski definition) is 4. The van der Waals surface area contributed by atoms with Crippen molar-refractivity contribution < 1.29 is 13.2 Å². The van der Waals surface area contributed by atoms with Gasteiger partial charge in [-0.2, -0.15) is 0 Å². The molecule has 0 saturated carbocycles. The summed E-state index contributed by atoms with van der Waals surface area (Å²) < 4.78 is 30.7. The Morgan fingerprint density at radius 1 is 1.19 bits per heavy atom. The van der Waals surface area contributed by atoms with Crippen molar-refractivity contribution in [2.75, 3.05) is 27.2 Å². The average Bonchev–Trinajstić information content (AvgIpc) is 2.45. The minimum atomic E-state index is -3.36. The smallest absolute Gasteiger partial charge is 0.242 e. The summed E-state index contributed by atoms with van der Waals surface area (Å²) in [6, 6.07) is 7.13. The number of nitrogens with zero attached hydrogens (tertiary/aromatic N) is 1. The Morgan fingerprint density at radius 3 is 2.24 bits per heavy atom. The Bertz CT molecular complexity index is 526. The Hall–Kier alpha value is -0.950. The number of ether oxygens (including phenoxy) is 1. The molecule has 21 heavy (non-hydrogen) atoms. The van der Waals surface area contributed by atoms with Crippen LogP contribution in [0.4, 0.5) is 0 Å². The number of rotatable bonds is 8. The van der Waals surface area contributed by atoms with Crippen LogP contribution < -0.4 is 5.32 Å². The molecular formula is C15H26N2O3S. The van der Waals surface area contributed by atoms with E-state index in [2.05, 4.69) is 5.32 Å². The van der Waals surface area contributed by atoms with Gasteiger partial charge in [-0.1, -0.05) is 12.1 Å². The summed E-state index contributed by atoms with van der Waals surface area (Å²) in [4.78, 5) is 0.311. The molecule has 0 saturated heterocycles. The van der Waals surface area contributed by atoms with E-state index in [4.69, 9.17) is 4.74 Å². The van der Waals surface area contributed by atoms with E-state index in [-0.39, 0.29) is 12.1 Å². The Morgan fingerprint density at radius 2 is 1.76 bits per heavy atom. The van der Waals surface area contributed by atoms with E-state index in [1.54, 1.807) is 12.1 Å². The summed E-state index contributed by atoms with van der Waals surface area (Å²) in [5.74, 6) is 0. The largest absolute Gasteiger partial charge is 0.377 e. The van der Waals surface area contributed by atoms with Gasteiger partial charge in [-0.05, 0) is 38.5 Å². The normalized spacial score (nSPS) is 15.1. The van der Waals surface area contributed by atoms with E-state index < -0.39 is 10.0 Å². The number of benzene rings is 1. The topological polar surface area (TPSA) is 58.6 Å². The molecule has 120 valence electrons. The van der Waals surface area contributed by atoms with Crippen molar-refractivity contribution in [3.8, 4) is 0 Å². The predicted octanol–water partition coefficient (Wildman–Crippen LogP) is 2.01. The Balaban J connectivity index is 2.70. The molecule has 0 radical (unpaired) electrons. The lowest BCUT2D eigenvalue weighted by molar-refractivity contribution is 0.0743. The van der Waals surface area contributed by atoms with Crippen LogP contribution in [0.15, 0.2) is 29.2 Å². The molecule has 0 bridgehead atoms. The van der Waals surface area contributed by atoms with Gasteiger partial charge in [0.1, 0.15) is 0 Å². The van der Waals surface area contributed by atoms with Crippen molar-refractivity contribution >= 4 is 10.0 Å². The molecule has 6 heteroatoms. The zero-order chi connectivity index (χ0) is 16.0. The van der Waals surface area contributed by atoms with Gasteiger partial charge < -0.3 is 10.1 Å². The molecule has 1 N–H and O–H groups in total. The third-order valence-electron chi connectivity index (χ3n) is 3.32. The van der Waals surface area contributed by atoms with E-state index in [1.807, 2.05) is 32.9 Å². The minimum absolute atomic E-state index is 0.143. The molecule has 2 unspecified atom stereocenters. The van der Waals surface area contributed by atoms with Gasteiger partial charge in [-0.3, -0.25) is 0 Å². The van der Waals surface area contributed by atoms with Gasteiger partial charge in [-0.15, -0.1) is 0 Å². The molecule has 0 fully saturated rings. The highest BCUT2D eigenvalue weighted by Gasteiger charge is 2.17. The first-order chi connectivity index (χ1) is 9.78. The van der Waals surface area contributed by atoms with Crippen molar-refractivity contribution in [1.82, 2.24) is 9.62 Å². The second kappa shape index (κ2) is 7.89. The van der Waals surface area contributed by atoms with E-state index in [0.29, 0.717) is 11.5 Å². The fraction of sp³-hybridized carbons (Fsp3) is 0.600. The van der Waals surface area contributed by atoms with Crippen molar-refractivity contribution in [2.24, 2.45) is 0 Å². The van der Waals surface area contributed by atoms with Crippen LogP contribution in [0.5, 0.6) is 0 Å². The SMILES string of the molecule is CCOC(C)CNC(C)c1ccc(S(=O)(=O)N(C)C)cc1. The standard InChI is InChI=1S/C15H26N2O3S/c1-6-20-12(2)11-16-13(3)14-7-9-15(10-8-14)21(18,19)17(4)5/h7-10,12-13,16H,6,11H2,1-5H3. The van der Waals surface area contributed by atoms with Gasteiger partial charge in [0.15, 0.2) is 0 Å². The highest BCUT2D eigenvalue weighted by Crippen LogP contribution is 2.18. The molecule has 0 aromatic heterocycles. The number of sulfonamides is 1. The maximum atomic E-state index is 12.0. The van der Waals surface area contributed by atoms with Crippen molar-refractivity contribution in [3.63, 3.8) is 0 Å². The van der Waals surface area contributed by atoms with E-state index in [0.717, 1.165) is 12.1 Å². The van der Waals surface area contributed by atoms with Crippen LogP contribution in [-0.4, -0.2) is 46.1 Å². The summed E-state index contributed by atoms with van der Waals surface area (Å²) in [5, 5.41) is 3.38. The van der Waals surface area contributed by atoms with Gasteiger partial charge in [0.25, 0.3) is 0 Å². The molecule has 1 aromatic rings. The minimum Gasteiger partial charge on any atom is -0.377 e. The van der Waals surface area contributed by atoms with Crippen molar-refractivity contribution in [3.05, 3.63) is 29.8 Å². The predicted molar refractivity (Wildman–Crippen MR) is 84.8 cm³/mol. The van der Waals surface area contributed by atoms with Gasteiger partial charge in [0.05, 0.1) is 11.0 Å². The second-order valence-electron chi connectivity index (χ2n) is 5.25. The highest BCUT2D eigenvalue weighted by molar-refractivity contribution is 7.89. The first-order valence-corrected chi connectivity index (χ1v) is 8.60. The van der Waals surface area contributed by atoms with Gasteiger partial charge in [0.2, 0.25) is 10.0 Å². The fourth-order valence-corrected chi connectivity index (χ4v) is 2.84. The quantitative estimate of drug-likeness (QED) is 0.797. The maximum Gasteiger partial charge on any atom is 0.242 e. The highest BCUT2D eigenvalue weighted by atomic mass is 32.2. The third kappa shape index (κ3) is 5.07. The summed E-state index contributed by atoms with van der Waals surface area (Å²) in [6.07, 6.45) is 0.158. The van der Waals surface area contributed by atoms with E-state index in [1.165, 1.54) is 18.4 Å². The molecule has 0 amide bonds. The Labute approximate surface area is 128 Å². The van der Waals surface area contributed by atoms with E-state index in [9.17, 15) is 8.42 Å². The summed E-state index contributed by atoms with van der Waals surface area (Å²) in [7, 11) is -0.299. The molecule has 1 rings (SSSR count). The lowest BCUT2D eigenvalue weighted by Crippen LogP contribution is -2.29. The van der Waals surface area contributed by atoms with Crippen LogP contribution in [0.1, 0.15) is 32.4 Å². The Kier molecular flexibility index (Phi) is 6.80. The molecule has 0 spiro atoms. The van der Waals surface area contributed by atoms with Crippen LogP contribution in [0, 0.1) is 0 Å². The van der Waals surface area contributed by atoms with Gasteiger partial charge in [0, 0.05) is 33.3 Å². The molecule has 0 aliphatic rings. The molecule has 1 aromatic carbocycles. The number of hydrogen-bond donors (Lipinski definition) is 1. The summed E-state index contributed by atoms with van der Waals surface area (Å²) in [5.41, 5.74) is 1.05. The van der Waals surface area contributed by atoms with Crippen LogP contribution in [0.2, 0.25) is 0 Å². The fourth-order valence-electron chi connectivity index (χ4n) is 1.94. The van der Waals surface area contributed by atoms with Crippen LogP contribution in [-0.2, 0) is 14.8 Å². The average molecular weight is 314 g/mol. The number of nitrogens with one attached hydrogen (secondary N) is 1. The van der Waals surface area contributed by atoms with Gasteiger partial charge in [-0.25, -0.2) is 12.7 Å². The van der Waals surface area contributed by atoms with Crippen LogP contribution >= 0.6 is 0 Å². The monoisotopic (exact) mass is 314 g/mol. The lowest BCUT2D eigenvalue weighted by Gasteiger charge is -2.18. The first kappa shape index (κ1) is 18.1. The third-order valence-corrected chi connectivity index (χ3v) is 5.15. The van der Waals surface area contributed by atoms with Crippen molar-refractivity contribution in [2.45, 2.75) is 37.8 Å². The molecule has 2 atom stereocenters. The van der Waals surface area contributed by atoms with Gasteiger partial charge >= 0.3 is 0 Å². The van der Waals surface area contributed by atoms with E-state index >= 15 is 0 Å². The van der Waals surface area contributed by atoms with Crippen LogP contribution in [0.25, 0.3) is 0 Å². The second-order valence-corrected chi connectivity index (χ2v) is 7.40. The summed E-state index contributed by atoms with van der Waals surface area (Å²) in [6.45, 7) is 7.51. The maximum absolute atomic E-state index is 12.0. The molecular weight excluding hydrogens is 288 g/mol. The van der Waals surface area contributed by atoms with Crippen LogP contribution in [0.3, 0.4) is 0 Å². The summed E-state index contributed by atoms with van der Waals surface area (Å²) >= 11 is 0. The molecule has 0 aliphatic heterocycles. The van der Waals surface area contributed by atoms with Crippen molar-refractivity contribution in [1.29, 1.82) is 0 Å². The zero-order valence-corrected chi connectivity index (χ0v) is 14.3. The molecule has 0 heterocycles. The molecule has 5 nitrogen and oxygen atoms in total. The molecule has 0 aliphatic carbocycles. The first-order valence-electron chi connectivity index (χ1n) is 7.16. The lowest BCUT2D eigenvalue weighted by atomic mass is 10.1.